The fourth-order valence-corrected chi connectivity index (χ4v) is 2.00. The van der Waals surface area contributed by atoms with Crippen molar-refractivity contribution in [1.29, 1.82) is 0 Å². The number of hydrogen-bond acceptors (Lipinski definition) is 4. The van der Waals surface area contributed by atoms with Gasteiger partial charge in [0.05, 0.1) is 12.9 Å². The average molecular weight is 266 g/mol. The average Bonchev–Trinajstić information content (AvgIpc) is 2.90. The number of fused-ring (bicyclic) bond motifs is 1. The maximum Gasteiger partial charge on any atom is 0.245 e. The number of ether oxygens (including phenoxy) is 1. The third-order valence-corrected chi connectivity index (χ3v) is 2.90. The summed E-state index contributed by atoms with van der Waals surface area (Å²) >= 11 is 0. The van der Waals surface area contributed by atoms with E-state index in [-0.39, 0.29) is 0 Å². The molecule has 3 aromatic rings. The van der Waals surface area contributed by atoms with Crippen LogP contribution in [0.15, 0.2) is 55.6 Å². The zero-order valence-electron chi connectivity index (χ0n) is 10.9. The van der Waals surface area contributed by atoms with Crippen LogP contribution in [0.4, 0.5) is 0 Å². The molecular formula is C15H14N4O. The molecule has 0 aliphatic rings. The van der Waals surface area contributed by atoms with Crippen LogP contribution in [0.25, 0.3) is 11.2 Å². The van der Waals surface area contributed by atoms with E-state index in [1.54, 1.807) is 12.4 Å². The number of aromatic nitrogens is 4. The van der Waals surface area contributed by atoms with Gasteiger partial charge in [-0.05, 0) is 5.56 Å². The monoisotopic (exact) mass is 266 g/mol. The maximum atomic E-state index is 5.49. The molecule has 5 heteroatoms. The van der Waals surface area contributed by atoms with Crippen LogP contribution in [-0.4, -0.2) is 26.1 Å². The van der Waals surface area contributed by atoms with E-state index in [0.29, 0.717) is 18.0 Å². The Balaban J connectivity index is 1.95. The first-order chi connectivity index (χ1) is 9.88. The van der Waals surface area contributed by atoms with Gasteiger partial charge >= 0.3 is 0 Å². The molecule has 0 bridgehead atoms. The molecule has 0 fully saturated rings. The van der Waals surface area contributed by atoms with Gasteiger partial charge in [-0.2, -0.15) is 4.98 Å². The molecule has 1 aromatic carbocycles. The summed E-state index contributed by atoms with van der Waals surface area (Å²) in [5, 5.41) is 0. The minimum atomic E-state index is 0.400. The highest BCUT2D eigenvalue weighted by molar-refractivity contribution is 5.76. The van der Waals surface area contributed by atoms with E-state index < -0.39 is 0 Å². The molecule has 0 saturated carbocycles. The van der Waals surface area contributed by atoms with E-state index in [1.807, 2.05) is 22.8 Å². The number of imidazole rings is 1. The number of nitrogens with zero attached hydrogens (tertiary/aromatic N) is 4. The summed E-state index contributed by atoms with van der Waals surface area (Å²) in [7, 11) is 0. The van der Waals surface area contributed by atoms with Crippen LogP contribution in [-0.2, 0) is 6.54 Å². The first-order valence-corrected chi connectivity index (χ1v) is 6.32. The van der Waals surface area contributed by atoms with Gasteiger partial charge in [0.25, 0.3) is 0 Å². The summed E-state index contributed by atoms with van der Waals surface area (Å²) in [6.45, 7) is 4.74. The zero-order chi connectivity index (χ0) is 13.8. The Morgan fingerprint density at radius 2 is 2.00 bits per heavy atom. The lowest BCUT2D eigenvalue weighted by molar-refractivity contribution is 0.352. The number of benzene rings is 1. The smallest absolute Gasteiger partial charge is 0.245 e. The Bertz CT molecular complexity index is 721. The van der Waals surface area contributed by atoms with E-state index in [4.69, 9.17) is 4.74 Å². The lowest BCUT2D eigenvalue weighted by Crippen LogP contribution is -2.01. The summed E-state index contributed by atoms with van der Waals surface area (Å²) in [4.78, 5) is 12.7. The molecule has 20 heavy (non-hydrogen) atoms. The standard InChI is InChI=1S/C15H14N4O/c1-2-8-20-15-13-14(16-10-17-15)19(11-18-13)9-12-6-4-3-5-7-12/h2-7,10-11H,1,8-9H2. The van der Waals surface area contributed by atoms with Crippen LogP contribution in [0.1, 0.15) is 5.56 Å². The molecule has 0 saturated heterocycles. The normalized spacial score (nSPS) is 10.6. The van der Waals surface area contributed by atoms with Gasteiger partial charge < -0.3 is 9.30 Å². The Hall–Kier alpha value is -2.69. The first kappa shape index (κ1) is 12.3. The number of hydrogen-bond donors (Lipinski definition) is 0. The van der Waals surface area contributed by atoms with E-state index in [9.17, 15) is 0 Å². The molecule has 0 N–H and O–H groups in total. The molecule has 2 aromatic heterocycles. The van der Waals surface area contributed by atoms with Gasteiger partial charge in [0.2, 0.25) is 5.88 Å². The molecule has 3 rings (SSSR count). The Labute approximate surface area is 116 Å². The van der Waals surface area contributed by atoms with Crippen molar-refractivity contribution in [3.63, 3.8) is 0 Å². The minimum Gasteiger partial charge on any atom is -0.472 e. The van der Waals surface area contributed by atoms with Crippen molar-refractivity contribution in [1.82, 2.24) is 19.5 Å². The summed E-state index contributed by atoms with van der Waals surface area (Å²) in [5.41, 5.74) is 2.63. The third-order valence-electron chi connectivity index (χ3n) is 2.90. The lowest BCUT2D eigenvalue weighted by Gasteiger charge is -2.05. The highest BCUT2D eigenvalue weighted by Gasteiger charge is 2.10. The van der Waals surface area contributed by atoms with Crippen LogP contribution < -0.4 is 4.74 Å². The Morgan fingerprint density at radius 1 is 1.15 bits per heavy atom. The van der Waals surface area contributed by atoms with E-state index in [0.717, 1.165) is 12.2 Å². The van der Waals surface area contributed by atoms with Gasteiger partial charge in [0, 0.05) is 0 Å². The second kappa shape index (κ2) is 5.52. The Kier molecular flexibility index (Phi) is 3.41. The van der Waals surface area contributed by atoms with Crippen molar-refractivity contribution in [2.75, 3.05) is 6.61 Å². The summed E-state index contributed by atoms with van der Waals surface area (Å²) < 4.78 is 7.47. The topological polar surface area (TPSA) is 52.8 Å². The van der Waals surface area contributed by atoms with Crippen LogP contribution >= 0.6 is 0 Å². The fourth-order valence-electron chi connectivity index (χ4n) is 2.00. The zero-order valence-corrected chi connectivity index (χ0v) is 10.9. The van der Waals surface area contributed by atoms with Gasteiger partial charge in [-0.1, -0.05) is 43.0 Å². The summed E-state index contributed by atoms with van der Waals surface area (Å²) in [6, 6.07) is 10.2. The number of rotatable bonds is 5. The molecule has 2 heterocycles. The Morgan fingerprint density at radius 3 is 2.80 bits per heavy atom. The molecule has 0 amide bonds. The van der Waals surface area contributed by atoms with Crippen molar-refractivity contribution < 1.29 is 4.74 Å². The molecule has 100 valence electrons. The second-order valence-corrected chi connectivity index (χ2v) is 4.31. The molecule has 0 radical (unpaired) electrons. The minimum absolute atomic E-state index is 0.400. The quantitative estimate of drug-likeness (QED) is 0.666. The fraction of sp³-hybridized carbons (Fsp3) is 0.133. The van der Waals surface area contributed by atoms with Crippen molar-refractivity contribution >= 4 is 11.2 Å². The second-order valence-electron chi connectivity index (χ2n) is 4.31. The van der Waals surface area contributed by atoms with E-state index in [1.165, 1.54) is 11.9 Å². The van der Waals surface area contributed by atoms with Gasteiger partial charge in [-0.25, -0.2) is 9.97 Å². The van der Waals surface area contributed by atoms with Crippen LogP contribution in [0.5, 0.6) is 5.88 Å². The molecular weight excluding hydrogens is 252 g/mol. The van der Waals surface area contributed by atoms with E-state index in [2.05, 4.69) is 33.7 Å². The molecule has 0 unspecified atom stereocenters. The van der Waals surface area contributed by atoms with Crippen molar-refractivity contribution in [3.05, 3.63) is 61.2 Å². The van der Waals surface area contributed by atoms with Crippen molar-refractivity contribution in [2.24, 2.45) is 0 Å². The van der Waals surface area contributed by atoms with Gasteiger partial charge in [0.15, 0.2) is 11.2 Å². The first-order valence-electron chi connectivity index (χ1n) is 6.32. The molecule has 0 aliphatic carbocycles. The highest BCUT2D eigenvalue weighted by atomic mass is 16.5. The molecule has 0 atom stereocenters. The van der Waals surface area contributed by atoms with E-state index >= 15 is 0 Å². The van der Waals surface area contributed by atoms with Crippen molar-refractivity contribution in [3.8, 4) is 5.88 Å². The van der Waals surface area contributed by atoms with Crippen molar-refractivity contribution in [2.45, 2.75) is 6.54 Å². The predicted octanol–water partition coefficient (Wildman–Crippen LogP) is 2.44. The van der Waals surface area contributed by atoms with Crippen LogP contribution in [0, 0.1) is 0 Å². The van der Waals surface area contributed by atoms with Crippen LogP contribution in [0.2, 0.25) is 0 Å². The molecule has 0 aliphatic heterocycles. The molecule has 0 spiro atoms. The lowest BCUT2D eigenvalue weighted by atomic mass is 10.2. The van der Waals surface area contributed by atoms with Crippen LogP contribution in [0.3, 0.4) is 0 Å². The van der Waals surface area contributed by atoms with Gasteiger partial charge in [-0.3, -0.25) is 0 Å². The van der Waals surface area contributed by atoms with Gasteiger partial charge in [0.1, 0.15) is 12.9 Å². The molecule has 5 nitrogen and oxygen atoms in total. The predicted molar refractivity (Wildman–Crippen MR) is 76.6 cm³/mol. The van der Waals surface area contributed by atoms with Gasteiger partial charge in [-0.15, -0.1) is 0 Å². The largest absolute Gasteiger partial charge is 0.472 e. The SMILES string of the molecule is C=CCOc1ncnc2c1ncn2Cc1ccccc1. The third kappa shape index (κ3) is 2.38. The maximum absolute atomic E-state index is 5.49. The summed E-state index contributed by atoms with van der Waals surface area (Å²) in [6.07, 6.45) is 4.92. The summed E-state index contributed by atoms with van der Waals surface area (Å²) in [5.74, 6) is 0.488. The highest BCUT2D eigenvalue weighted by Crippen LogP contribution is 2.20.